The molecule has 9 heteroatoms. The van der Waals surface area contributed by atoms with Gasteiger partial charge < -0.3 is 15.2 Å². The van der Waals surface area contributed by atoms with Crippen LogP contribution < -0.4 is 10.1 Å². The molecule has 1 amide bonds. The highest BCUT2D eigenvalue weighted by Crippen LogP contribution is 2.38. The molecule has 4 rings (SSSR count). The number of ether oxygens (including phenoxy) is 1. The monoisotopic (exact) mass is 376 g/mol. The van der Waals surface area contributed by atoms with Gasteiger partial charge in [-0.25, -0.2) is 18.3 Å². The lowest BCUT2D eigenvalue weighted by molar-refractivity contribution is 0.102. The average molecular weight is 376 g/mol. The molecule has 0 radical (unpaired) electrons. The molecule has 2 aromatic heterocycles. The normalized spacial score (nSPS) is 15.1. The molecule has 1 aromatic carbocycles. The van der Waals surface area contributed by atoms with Gasteiger partial charge in [-0.3, -0.25) is 4.79 Å². The Hall–Kier alpha value is -3.07. The molecular formula is C18H18F2N4O3. The summed E-state index contributed by atoms with van der Waals surface area (Å²) in [7, 11) is 1.00. The maximum absolute atomic E-state index is 13.4. The number of amides is 1. The molecule has 1 aliphatic heterocycles. The van der Waals surface area contributed by atoms with E-state index in [-0.39, 0.29) is 22.9 Å². The first-order valence-electron chi connectivity index (χ1n) is 8.19. The van der Waals surface area contributed by atoms with Crippen molar-refractivity contribution in [1.29, 1.82) is 0 Å². The maximum atomic E-state index is 13.4. The number of rotatable bonds is 3. The SMILES string of the molecule is CC1Cc2cc(NC(=O)c3cnn4cccnc34)c(C(F)F)cc2O1.CO. The number of carbonyl (C=O) groups is 1. The first kappa shape index (κ1) is 18.7. The van der Waals surface area contributed by atoms with Crippen LogP contribution in [0.3, 0.4) is 0 Å². The molecule has 2 N–H and O–H groups in total. The van der Waals surface area contributed by atoms with E-state index >= 15 is 0 Å². The van der Waals surface area contributed by atoms with E-state index in [2.05, 4.69) is 15.4 Å². The highest BCUT2D eigenvalue weighted by atomic mass is 19.3. The topological polar surface area (TPSA) is 88.8 Å². The molecule has 3 aromatic rings. The zero-order chi connectivity index (χ0) is 19.6. The van der Waals surface area contributed by atoms with Crippen LogP contribution in [0.25, 0.3) is 5.65 Å². The lowest BCUT2D eigenvalue weighted by atomic mass is 10.1. The van der Waals surface area contributed by atoms with Gasteiger partial charge in [-0.15, -0.1) is 0 Å². The van der Waals surface area contributed by atoms with Gasteiger partial charge in [0.1, 0.15) is 17.4 Å². The minimum atomic E-state index is -2.73. The number of aliphatic hydroxyl groups excluding tert-OH is 1. The lowest BCUT2D eigenvalue weighted by Gasteiger charge is -2.12. The molecule has 0 spiro atoms. The Kier molecular flexibility index (Phi) is 5.31. The number of nitrogens with one attached hydrogen (secondary N) is 1. The Morgan fingerprint density at radius 3 is 2.93 bits per heavy atom. The van der Waals surface area contributed by atoms with Crippen LogP contribution >= 0.6 is 0 Å². The fourth-order valence-electron chi connectivity index (χ4n) is 2.94. The van der Waals surface area contributed by atoms with Gasteiger partial charge in [0.15, 0.2) is 5.65 Å². The zero-order valence-electron chi connectivity index (χ0n) is 14.7. The smallest absolute Gasteiger partial charge is 0.265 e. The van der Waals surface area contributed by atoms with Crippen LogP contribution in [0, 0.1) is 0 Å². The van der Waals surface area contributed by atoms with Gasteiger partial charge in [-0.1, -0.05) is 0 Å². The fourth-order valence-corrected chi connectivity index (χ4v) is 2.94. The van der Waals surface area contributed by atoms with E-state index in [1.165, 1.54) is 23.0 Å². The van der Waals surface area contributed by atoms with E-state index in [1.54, 1.807) is 18.3 Å². The first-order valence-corrected chi connectivity index (χ1v) is 8.19. The molecule has 0 saturated heterocycles. The highest BCUT2D eigenvalue weighted by Gasteiger charge is 2.25. The summed E-state index contributed by atoms with van der Waals surface area (Å²) in [5.41, 5.74) is 1.17. The predicted octanol–water partition coefficient (Wildman–Crippen LogP) is 2.85. The second-order valence-electron chi connectivity index (χ2n) is 5.88. The summed E-state index contributed by atoms with van der Waals surface area (Å²) in [5.74, 6) is -0.0963. The largest absolute Gasteiger partial charge is 0.490 e. The number of hydrogen-bond donors (Lipinski definition) is 2. The third-order valence-electron chi connectivity index (χ3n) is 4.08. The van der Waals surface area contributed by atoms with E-state index in [0.29, 0.717) is 17.8 Å². The summed E-state index contributed by atoms with van der Waals surface area (Å²) in [5, 5.41) is 13.6. The molecule has 142 valence electrons. The van der Waals surface area contributed by atoms with E-state index < -0.39 is 12.3 Å². The molecule has 1 aliphatic rings. The molecule has 7 nitrogen and oxygen atoms in total. The van der Waals surface area contributed by atoms with Crippen molar-refractivity contribution < 1.29 is 23.4 Å². The third kappa shape index (κ3) is 3.59. The molecule has 1 atom stereocenters. The maximum Gasteiger partial charge on any atom is 0.265 e. The summed E-state index contributed by atoms with van der Waals surface area (Å²) in [4.78, 5) is 16.6. The second kappa shape index (κ2) is 7.67. The third-order valence-corrected chi connectivity index (χ3v) is 4.08. The van der Waals surface area contributed by atoms with Gasteiger partial charge >= 0.3 is 0 Å². The van der Waals surface area contributed by atoms with Crippen LogP contribution in [0.15, 0.2) is 36.8 Å². The van der Waals surface area contributed by atoms with Gasteiger partial charge in [0, 0.05) is 31.5 Å². The van der Waals surface area contributed by atoms with Crippen molar-refractivity contribution in [3.63, 3.8) is 0 Å². The van der Waals surface area contributed by atoms with Crippen LogP contribution in [0.2, 0.25) is 0 Å². The number of benzene rings is 1. The summed E-state index contributed by atoms with van der Waals surface area (Å²) < 4.78 is 33.8. The Morgan fingerprint density at radius 1 is 1.41 bits per heavy atom. The van der Waals surface area contributed by atoms with Crippen molar-refractivity contribution in [2.45, 2.75) is 25.9 Å². The van der Waals surface area contributed by atoms with Gasteiger partial charge in [0.05, 0.1) is 11.9 Å². The summed E-state index contributed by atoms with van der Waals surface area (Å²) >= 11 is 0. The van der Waals surface area contributed by atoms with E-state index in [1.807, 2.05) is 6.92 Å². The molecule has 0 fully saturated rings. The second-order valence-corrected chi connectivity index (χ2v) is 5.88. The van der Waals surface area contributed by atoms with Crippen molar-refractivity contribution >= 4 is 17.2 Å². The number of anilines is 1. The van der Waals surface area contributed by atoms with Gasteiger partial charge in [-0.2, -0.15) is 5.10 Å². The highest BCUT2D eigenvalue weighted by molar-refractivity contribution is 6.08. The Labute approximate surface area is 153 Å². The van der Waals surface area contributed by atoms with Gasteiger partial charge in [0.2, 0.25) is 0 Å². The Morgan fingerprint density at radius 2 is 2.19 bits per heavy atom. The van der Waals surface area contributed by atoms with Crippen LogP contribution in [-0.2, 0) is 6.42 Å². The molecule has 1 unspecified atom stereocenters. The number of carbonyl (C=O) groups excluding carboxylic acids is 1. The van der Waals surface area contributed by atoms with Crippen LogP contribution in [-0.4, -0.2) is 38.8 Å². The molecule has 3 heterocycles. The summed E-state index contributed by atoms with van der Waals surface area (Å²) in [6, 6.07) is 4.53. The van der Waals surface area contributed by atoms with Crippen molar-refractivity contribution in [3.05, 3.63) is 53.5 Å². The molecule has 0 bridgehead atoms. The van der Waals surface area contributed by atoms with Crippen molar-refractivity contribution in [1.82, 2.24) is 14.6 Å². The van der Waals surface area contributed by atoms with Gasteiger partial charge in [-0.05, 0) is 30.7 Å². The molecular weight excluding hydrogens is 358 g/mol. The van der Waals surface area contributed by atoms with Crippen LogP contribution in [0.4, 0.5) is 14.5 Å². The first-order chi connectivity index (χ1) is 13.0. The van der Waals surface area contributed by atoms with E-state index in [0.717, 1.165) is 12.7 Å². The number of aromatic nitrogens is 3. The van der Waals surface area contributed by atoms with Gasteiger partial charge in [0.25, 0.3) is 12.3 Å². The van der Waals surface area contributed by atoms with Crippen molar-refractivity contribution in [2.24, 2.45) is 0 Å². The minimum Gasteiger partial charge on any atom is -0.490 e. The number of aliphatic hydroxyl groups is 1. The summed E-state index contributed by atoms with van der Waals surface area (Å²) in [6.07, 6.45) is 2.35. The van der Waals surface area contributed by atoms with Crippen molar-refractivity contribution in [2.75, 3.05) is 12.4 Å². The predicted molar refractivity (Wildman–Crippen MR) is 94.3 cm³/mol. The molecule has 0 aliphatic carbocycles. The molecule has 27 heavy (non-hydrogen) atoms. The molecule has 0 saturated carbocycles. The quantitative estimate of drug-likeness (QED) is 0.734. The van der Waals surface area contributed by atoms with E-state index in [9.17, 15) is 13.6 Å². The number of nitrogens with zero attached hydrogens (tertiary/aromatic N) is 3. The Bertz CT molecular complexity index is 974. The standard InChI is InChI=1S/C17H14F2N4O2.CH4O/c1-9-5-10-6-13(11(15(18)19)7-14(10)25-9)22-17(24)12-8-21-23-4-2-3-20-16(12)23;1-2/h2-4,6-9,15H,5H2,1H3,(H,22,24);2H,1H3. The zero-order valence-corrected chi connectivity index (χ0v) is 14.7. The van der Waals surface area contributed by atoms with Crippen LogP contribution in [0.1, 0.15) is 34.8 Å². The average Bonchev–Trinajstić information content (AvgIpc) is 3.24. The Balaban J connectivity index is 0.00000102. The number of halogens is 2. The fraction of sp³-hybridized carbons (Fsp3) is 0.278. The summed E-state index contributed by atoms with van der Waals surface area (Å²) in [6.45, 7) is 1.87. The van der Waals surface area contributed by atoms with Crippen molar-refractivity contribution in [3.8, 4) is 5.75 Å². The minimum absolute atomic E-state index is 0.0738. The lowest BCUT2D eigenvalue weighted by Crippen LogP contribution is -2.14. The van der Waals surface area contributed by atoms with Crippen LogP contribution in [0.5, 0.6) is 5.75 Å². The van der Waals surface area contributed by atoms with E-state index in [4.69, 9.17) is 9.84 Å². The number of fused-ring (bicyclic) bond motifs is 2. The number of alkyl halides is 2. The number of hydrogen-bond acceptors (Lipinski definition) is 5.